The Morgan fingerprint density at radius 3 is 2.26 bits per heavy atom. The van der Waals surface area contributed by atoms with Crippen molar-refractivity contribution < 1.29 is 19.6 Å². The highest BCUT2D eigenvalue weighted by molar-refractivity contribution is 6.35. The summed E-state index contributed by atoms with van der Waals surface area (Å²) in [5.74, 6) is -1.28. The maximum atomic E-state index is 14.1. The van der Waals surface area contributed by atoms with E-state index in [0.29, 0.717) is 24.1 Å². The van der Waals surface area contributed by atoms with Gasteiger partial charge in [0, 0.05) is 28.5 Å². The van der Waals surface area contributed by atoms with Crippen LogP contribution in [-0.2, 0) is 19.5 Å². The average molecular weight is 592 g/mol. The number of aromatic carboxylic acids is 1. The first-order valence-corrected chi connectivity index (χ1v) is 14.1. The number of anilines is 1. The van der Waals surface area contributed by atoms with E-state index in [1.54, 1.807) is 41.3 Å². The Morgan fingerprint density at radius 1 is 0.814 bits per heavy atom. The Bertz CT molecular complexity index is 1900. The third-order valence-electron chi connectivity index (χ3n) is 7.77. The summed E-state index contributed by atoms with van der Waals surface area (Å²) in [6, 6.07) is 31.0. The molecule has 1 aliphatic rings. The molecule has 0 spiro atoms. The van der Waals surface area contributed by atoms with Crippen LogP contribution >= 0.6 is 11.6 Å². The number of benzene rings is 4. The first-order chi connectivity index (χ1) is 20.8. The van der Waals surface area contributed by atoms with Crippen LogP contribution in [-0.4, -0.2) is 33.0 Å². The van der Waals surface area contributed by atoms with Gasteiger partial charge in [-0.3, -0.25) is 14.9 Å². The molecule has 9 heteroatoms. The Labute approximate surface area is 252 Å². The van der Waals surface area contributed by atoms with Crippen LogP contribution in [0.2, 0.25) is 5.02 Å². The number of nitrogens with zero attached hydrogens (tertiary/aromatic N) is 3. The molecule has 0 bridgehead atoms. The van der Waals surface area contributed by atoms with Gasteiger partial charge in [0.2, 0.25) is 6.54 Å². The number of carboxylic acid groups (broad SMARTS) is 1. The van der Waals surface area contributed by atoms with Gasteiger partial charge in [-0.1, -0.05) is 78.3 Å². The summed E-state index contributed by atoms with van der Waals surface area (Å²) in [6.07, 6.45) is 0.300. The van der Waals surface area contributed by atoms with Gasteiger partial charge in [0.1, 0.15) is 0 Å². The van der Waals surface area contributed by atoms with E-state index in [9.17, 15) is 24.8 Å². The Balaban J connectivity index is 1.36. The lowest BCUT2D eigenvalue weighted by Gasteiger charge is -2.23. The van der Waals surface area contributed by atoms with Crippen molar-refractivity contribution >= 4 is 29.2 Å². The Kier molecular flexibility index (Phi) is 7.52. The van der Waals surface area contributed by atoms with E-state index in [-0.39, 0.29) is 34.5 Å². The van der Waals surface area contributed by atoms with E-state index < -0.39 is 5.97 Å². The largest absolute Gasteiger partial charge is 0.478 e. The van der Waals surface area contributed by atoms with E-state index >= 15 is 0 Å². The Hall–Kier alpha value is -5.21. The van der Waals surface area contributed by atoms with Crippen molar-refractivity contribution in [3.8, 4) is 22.3 Å². The quantitative estimate of drug-likeness (QED) is 0.159. The van der Waals surface area contributed by atoms with Gasteiger partial charge in [0.25, 0.3) is 5.91 Å². The lowest BCUT2D eigenvalue weighted by atomic mass is 9.91. The van der Waals surface area contributed by atoms with Crippen LogP contribution in [0.15, 0.2) is 103 Å². The second-order valence-corrected chi connectivity index (χ2v) is 10.7. The number of rotatable bonds is 7. The molecule has 43 heavy (non-hydrogen) atoms. The molecular formula is C34H26ClN3O5. The van der Waals surface area contributed by atoms with Crippen LogP contribution in [0.1, 0.15) is 37.7 Å². The van der Waals surface area contributed by atoms with E-state index in [2.05, 4.69) is 0 Å². The minimum Gasteiger partial charge on any atom is -0.478 e. The molecule has 0 radical (unpaired) electrons. The summed E-state index contributed by atoms with van der Waals surface area (Å²) >= 11 is 6.81. The smallest absolute Gasteiger partial charge is 0.336 e. The molecule has 1 N–H and O–H groups in total. The zero-order valence-corrected chi connectivity index (χ0v) is 23.7. The van der Waals surface area contributed by atoms with E-state index in [1.165, 1.54) is 0 Å². The summed E-state index contributed by atoms with van der Waals surface area (Å²) in [5.41, 5.74) is 6.79. The zero-order valence-electron chi connectivity index (χ0n) is 22.9. The van der Waals surface area contributed by atoms with Gasteiger partial charge in [-0.15, -0.1) is 0 Å². The molecule has 5 aromatic rings. The number of fused-ring (bicyclic) bond motifs is 2. The molecule has 0 atom stereocenters. The molecule has 1 amide bonds. The van der Waals surface area contributed by atoms with E-state index in [4.69, 9.17) is 11.6 Å². The van der Waals surface area contributed by atoms with Crippen molar-refractivity contribution in [3.05, 3.63) is 146 Å². The highest BCUT2D eigenvalue weighted by Gasteiger charge is 2.28. The molecular weight excluding hydrogens is 566 g/mol. The van der Waals surface area contributed by atoms with Crippen LogP contribution in [0.5, 0.6) is 0 Å². The number of nitro groups is 1. The fraction of sp³-hybridized carbons (Fsp3) is 0.118. The van der Waals surface area contributed by atoms with Crippen molar-refractivity contribution in [2.24, 2.45) is 0 Å². The number of hydrogen-bond donors (Lipinski definition) is 1. The summed E-state index contributed by atoms with van der Waals surface area (Å²) in [7, 11) is 0. The summed E-state index contributed by atoms with van der Waals surface area (Å²) in [4.78, 5) is 38.4. The molecule has 2 heterocycles. The fourth-order valence-corrected chi connectivity index (χ4v) is 5.97. The number of aromatic nitrogens is 1. The number of carbonyl (C=O) groups is 2. The summed E-state index contributed by atoms with van der Waals surface area (Å²) in [6.45, 7) is 0.610. The zero-order chi connectivity index (χ0) is 30.1. The van der Waals surface area contributed by atoms with Gasteiger partial charge in [-0.05, 0) is 64.2 Å². The second-order valence-electron chi connectivity index (χ2n) is 10.3. The predicted molar refractivity (Wildman–Crippen MR) is 165 cm³/mol. The van der Waals surface area contributed by atoms with Crippen LogP contribution in [0.25, 0.3) is 22.3 Å². The van der Waals surface area contributed by atoms with Crippen LogP contribution < -0.4 is 4.90 Å². The highest BCUT2D eigenvalue weighted by atomic mass is 35.5. The molecule has 8 nitrogen and oxygen atoms in total. The van der Waals surface area contributed by atoms with Gasteiger partial charge in [0.15, 0.2) is 0 Å². The van der Waals surface area contributed by atoms with E-state index in [1.807, 2.05) is 71.3 Å². The molecule has 214 valence electrons. The topological polar surface area (TPSA) is 106 Å². The van der Waals surface area contributed by atoms with Gasteiger partial charge >= 0.3 is 5.97 Å². The maximum absolute atomic E-state index is 14.1. The molecule has 0 aliphatic carbocycles. The number of hydrogen-bond acceptors (Lipinski definition) is 4. The molecule has 6 rings (SSSR count). The maximum Gasteiger partial charge on any atom is 0.336 e. The first-order valence-electron chi connectivity index (χ1n) is 13.7. The molecule has 0 unspecified atom stereocenters. The standard InChI is InChI=1S/C34H26ClN3O5/c35-31-19-22(26-8-2-3-9-27(26)28-10-4-5-11-29(28)34(40)41)13-16-30(31)33(39)37-21-25-15-14-24(17-18-38(42)43)36(25)20-23-7-1-6-12-32(23)37/h1-16,19H,17-18,20-21H2,(H,40,41). The van der Waals surface area contributed by atoms with Crippen molar-refractivity contribution in [2.45, 2.75) is 19.5 Å². The third kappa shape index (κ3) is 5.40. The van der Waals surface area contributed by atoms with Gasteiger partial charge in [-0.2, -0.15) is 0 Å². The minimum absolute atomic E-state index is 0.166. The van der Waals surface area contributed by atoms with Crippen molar-refractivity contribution in [2.75, 3.05) is 11.4 Å². The summed E-state index contributed by atoms with van der Waals surface area (Å²) < 4.78 is 2.05. The van der Waals surface area contributed by atoms with Crippen molar-refractivity contribution in [1.82, 2.24) is 4.57 Å². The molecule has 0 saturated heterocycles. The fourth-order valence-electron chi connectivity index (χ4n) is 5.70. The third-order valence-corrected chi connectivity index (χ3v) is 8.09. The average Bonchev–Trinajstić information content (AvgIpc) is 3.30. The summed E-state index contributed by atoms with van der Waals surface area (Å²) in [5, 5.41) is 21.0. The highest BCUT2D eigenvalue weighted by Crippen LogP contribution is 2.37. The molecule has 1 aliphatic heterocycles. The minimum atomic E-state index is -1.02. The lowest BCUT2D eigenvalue weighted by molar-refractivity contribution is -0.479. The molecule has 0 saturated carbocycles. The van der Waals surface area contributed by atoms with Crippen molar-refractivity contribution in [1.29, 1.82) is 0 Å². The lowest BCUT2D eigenvalue weighted by Crippen LogP contribution is -2.30. The second kappa shape index (κ2) is 11.6. The monoisotopic (exact) mass is 591 g/mol. The van der Waals surface area contributed by atoms with Crippen LogP contribution in [0.3, 0.4) is 0 Å². The SMILES string of the molecule is O=C(O)c1ccccc1-c1ccccc1-c1ccc(C(=O)N2Cc3ccc(CC[N+](=O)[O-])n3Cc3ccccc32)c(Cl)c1. The van der Waals surface area contributed by atoms with Gasteiger partial charge in [-0.25, -0.2) is 4.79 Å². The number of halogens is 1. The predicted octanol–water partition coefficient (Wildman–Crippen LogP) is 7.20. The molecule has 0 fully saturated rings. The van der Waals surface area contributed by atoms with Gasteiger partial charge < -0.3 is 14.6 Å². The molecule has 4 aromatic carbocycles. The van der Waals surface area contributed by atoms with Gasteiger partial charge in [0.05, 0.1) is 29.1 Å². The van der Waals surface area contributed by atoms with Crippen LogP contribution in [0, 0.1) is 10.1 Å². The molecule has 1 aromatic heterocycles. The van der Waals surface area contributed by atoms with E-state index in [0.717, 1.165) is 39.3 Å². The number of para-hydroxylation sites is 1. The van der Waals surface area contributed by atoms with Crippen LogP contribution in [0.4, 0.5) is 5.69 Å². The first kappa shape index (κ1) is 27.9. The Morgan fingerprint density at radius 2 is 1.51 bits per heavy atom. The number of carboxylic acids is 1. The number of carbonyl (C=O) groups excluding carboxylic acids is 1. The van der Waals surface area contributed by atoms with Crippen molar-refractivity contribution in [3.63, 3.8) is 0 Å². The normalized spacial score (nSPS) is 12.3. The number of amides is 1.